The predicted molar refractivity (Wildman–Crippen MR) is 55.1 cm³/mol. The molecule has 0 rings (SSSR count). The summed E-state index contributed by atoms with van der Waals surface area (Å²) in [6, 6.07) is 0. The van der Waals surface area contributed by atoms with Gasteiger partial charge in [0.25, 0.3) is 0 Å². The minimum absolute atomic E-state index is 0.250. The van der Waals surface area contributed by atoms with E-state index in [2.05, 4.69) is 12.2 Å². The van der Waals surface area contributed by atoms with Crippen molar-refractivity contribution in [1.29, 1.82) is 0 Å². The molecule has 2 nitrogen and oxygen atoms in total. The molecular formula is C9H27NO. The minimum atomic E-state index is 0.250. The lowest BCUT2D eigenvalue weighted by Gasteiger charge is -1.76. The molecule has 0 fully saturated rings. The molecule has 0 aromatic heterocycles. The molecule has 0 radical (unpaired) electrons. The predicted octanol–water partition coefficient (Wildman–Crippen LogP) is 2.28. The van der Waals surface area contributed by atoms with Crippen molar-refractivity contribution in [1.82, 2.24) is 5.32 Å². The maximum Gasteiger partial charge on any atom is 0.0402 e. The summed E-state index contributed by atoms with van der Waals surface area (Å²) in [5.41, 5.74) is 0. The van der Waals surface area contributed by atoms with Gasteiger partial charge in [-0.05, 0) is 20.5 Å². The average Bonchev–Trinajstić information content (AvgIpc) is 2.12. The Morgan fingerprint density at radius 2 is 1.09 bits per heavy atom. The molecule has 0 unspecified atom stereocenters. The molecular weight excluding hydrogens is 138 g/mol. The maximum absolute atomic E-state index is 7.57. The standard InChI is InChI=1S/C3H9N.C2H6O.2C2H6/c1-3-4-2;1-2-3;2*1-2/h4H,3H2,1-2H3;3H,2H2,1H3;2*1-2H3. The SMILES string of the molecule is CC.CC.CCNC.CCO. The van der Waals surface area contributed by atoms with Gasteiger partial charge in [-0.25, -0.2) is 0 Å². The Hall–Kier alpha value is -0.0800. The number of aliphatic hydroxyl groups excluding tert-OH is 1. The second-order valence-corrected chi connectivity index (χ2v) is 1.02. The molecule has 74 valence electrons. The van der Waals surface area contributed by atoms with Crippen LogP contribution in [-0.4, -0.2) is 25.3 Å². The lowest BCUT2D eigenvalue weighted by Crippen LogP contribution is -2.01. The summed E-state index contributed by atoms with van der Waals surface area (Å²) in [6.07, 6.45) is 0. The van der Waals surface area contributed by atoms with Crippen molar-refractivity contribution in [2.45, 2.75) is 41.5 Å². The first kappa shape index (κ1) is 22.4. The molecule has 0 saturated heterocycles. The summed E-state index contributed by atoms with van der Waals surface area (Å²) in [4.78, 5) is 0. The van der Waals surface area contributed by atoms with Crippen LogP contribution in [0.25, 0.3) is 0 Å². The van der Waals surface area contributed by atoms with Crippen LogP contribution in [0.2, 0.25) is 0 Å². The van der Waals surface area contributed by atoms with Gasteiger partial charge in [0.1, 0.15) is 0 Å². The number of rotatable bonds is 1. The van der Waals surface area contributed by atoms with Crippen LogP contribution >= 0.6 is 0 Å². The van der Waals surface area contributed by atoms with Crippen molar-refractivity contribution >= 4 is 0 Å². The summed E-state index contributed by atoms with van der Waals surface area (Å²) in [5.74, 6) is 0. The molecule has 0 atom stereocenters. The van der Waals surface area contributed by atoms with E-state index in [1.54, 1.807) is 6.92 Å². The van der Waals surface area contributed by atoms with E-state index in [9.17, 15) is 0 Å². The van der Waals surface area contributed by atoms with Gasteiger partial charge < -0.3 is 10.4 Å². The highest BCUT2D eigenvalue weighted by Crippen LogP contribution is 1.34. The molecule has 0 aromatic carbocycles. The van der Waals surface area contributed by atoms with Gasteiger partial charge in [-0.3, -0.25) is 0 Å². The molecule has 0 bridgehead atoms. The fourth-order valence-corrected chi connectivity index (χ4v) is 0. The van der Waals surface area contributed by atoms with Crippen LogP contribution in [0.1, 0.15) is 41.5 Å². The smallest absolute Gasteiger partial charge is 0.0402 e. The highest BCUT2D eigenvalue weighted by atomic mass is 16.2. The number of nitrogens with one attached hydrogen (secondary N) is 1. The first-order valence-corrected chi connectivity index (χ1v) is 4.58. The highest BCUT2D eigenvalue weighted by molar-refractivity contribution is 4.15. The zero-order chi connectivity index (χ0) is 10.1. The van der Waals surface area contributed by atoms with Crippen LogP contribution in [0.5, 0.6) is 0 Å². The van der Waals surface area contributed by atoms with E-state index in [4.69, 9.17) is 5.11 Å². The Bertz CT molecular complexity index is 17.0. The fraction of sp³-hybridized carbons (Fsp3) is 1.00. The Morgan fingerprint density at radius 1 is 1.00 bits per heavy atom. The Kier molecular flexibility index (Phi) is 189. The Balaban J connectivity index is -0.0000000315. The Morgan fingerprint density at radius 3 is 1.09 bits per heavy atom. The second kappa shape index (κ2) is 92.6. The largest absolute Gasteiger partial charge is 0.397 e. The lowest BCUT2D eigenvalue weighted by molar-refractivity contribution is 0.318. The summed E-state index contributed by atoms with van der Waals surface area (Å²) >= 11 is 0. The van der Waals surface area contributed by atoms with Crippen LogP contribution in [0, 0.1) is 0 Å². The molecule has 0 spiro atoms. The molecule has 2 N–H and O–H groups in total. The lowest BCUT2D eigenvalue weighted by atomic mass is 10.8. The quantitative estimate of drug-likeness (QED) is 0.625. The first-order chi connectivity index (χ1) is 5.33. The van der Waals surface area contributed by atoms with E-state index in [1.807, 2.05) is 34.7 Å². The van der Waals surface area contributed by atoms with Gasteiger partial charge in [-0.2, -0.15) is 0 Å². The molecule has 0 amide bonds. The molecule has 0 aliphatic carbocycles. The first-order valence-electron chi connectivity index (χ1n) is 4.58. The molecule has 0 saturated carbocycles. The van der Waals surface area contributed by atoms with E-state index in [0.29, 0.717) is 0 Å². The summed E-state index contributed by atoms with van der Waals surface area (Å²) < 4.78 is 0. The molecule has 0 heterocycles. The second-order valence-electron chi connectivity index (χ2n) is 1.02. The molecule has 0 aromatic rings. The monoisotopic (exact) mass is 165 g/mol. The maximum atomic E-state index is 7.57. The van der Waals surface area contributed by atoms with Crippen LogP contribution in [0.15, 0.2) is 0 Å². The Labute approximate surface area is 73.0 Å². The van der Waals surface area contributed by atoms with Crippen molar-refractivity contribution in [3.8, 4) is 0 Å². The van der Waals surface area contributed by atoms with Crippen molar-refractivity contribution in [2.75, 3.05) is 20.2 Å². The van der Waals surface area contributed by atoms with Gasteiger partial charge in [0, 0.05) is 6.61 Å². The van der Waals surface area contributed by atoms with Crippen LogP contribution in [0.3, 0.4) is 0 Å². The van der Waals surface area contributed by atoms with Gasteiger partial charge in [0.15, 0.2) is 0 Å². The van der Waals surface area contributed by atoms with E-state index in [0.717, 1.165) is 6.54 Å². The number of aliphatic hydroxyl groups is 1. The summed E-state index contributed by atoms with van der Waals surface area (Å²) in [6.45, 7) is 13.1. The summed E-state index contributed by atoms with van der Waals surface area (Å²) in [5, 5.41) is 10.5. The van der Waals surface area contributed by atoms with Gasteiger partial charge in [0.2, 0.25) is 0 Å². The van der Waals surface area contributed by atoms with Gasteiger partial charge in [-0.15, -0.1) is 0 Å². The molecule has 0 aliphatic heterocycles. The zero-order valence-electron chi connectivity index (χ0n) is 9.36. The highest BCUT2D eigenvalue weighted by Gasteiger charge is 1.50. The van der Waals surface area contributed by atoms with E-state index in [1.165, 1.54) is 0 Å². The normalized spacial score (nSPS) is 5.45. The van der Waals surface area contributed by atoms with Gasteiger partial charge in [0.05, 0.1) is 0 Å². The zero-order valence-corrected chi connectivity index (χ0v) is 9.36. The molecule has 11 heavy (non-hydrogen) atoms. The number of hydrogen-bond donors (Lipinski definition) is 2. The topological polar surface area (TPSA) is 32.3 Å². The van der Waals surface area contributed by atoms with Gasteiger partial charge in [-0.1, -0.05) is 34.6 Å². The third kappa shape index (κ3) is 735. The van der Waals surface area contributed by atoms with Crippen molar-refractivity contribution in [2.24, 2.45) is 0 Å². The van der Waals surface area contributed by atoms with Crippen molar-refractivity contribution in [3.05, 3.63) is 0 Å². The minimum Gasteiger partial charge on any atom is -0.397 e. The molecule has 0 aliphatic rings. The number of hydrogen-bond acceptors (Lipinski definition) is 2. The van der Waals surface area contributed by atoms with E-state index < -0.39 is 0 Å². The van der Waals surface area contributed by atoms with Crippen molar-refractivity contribution < 1.29 is 5.11 Å². The van der Waals surface area contributed by atoms with E-state index in [-0.39, 0.29) is 6.61 Å². The average molecular weight is 165 g/mol. The van der Waals surface area contributed by atoms with Crippen molar-refractivity contribution in [3.63, 3.8) is 0 Å². The van der Waals surface area contributed by atoms with Crippen LogP contribution in [-0.2, 0) is 0 Å². The summed E-state index contributed by atoms with van der Waals surface area (Å²) in [7, 11) is 1.93. The van der Waals surface area contributed by atoms with Gasteiger partial charge >= 0.3 is 0 Å². The molecule has 2 heteroatoms. The van der Waals surface area contributed by atoms with Crippen LogP contribution in [0.4, 0.5) is 0 Å². The van der Waals surface area contributed by atoms with E-state index >= 15 is 0 Å². The fourth-order valence-electron chi connectivity index (χ4n) is 0. The third-order valence-corrected chi connectivity index (χ3v) is 0.354. The third-order valence-electron chi connectivity index (χ3n) is 0.354. The van der Waals surface area contributed by atoms with Crippen LogP contribution < -0.4 is 5.32 Å².